The maximum absolute atomic E-state index is 12.4. The molecule has 5 nitrogen and oxygen atoms in total. The molecule has 2 heterocycles. The number of aromatic nitrogens is 2. The van der Waals surface area contributed by atoms with Crippen LogP contribution in [0.25, 0.3) is 11.0 Å². The van der Waals surface area contributed by atoms with Crippen LogP contribution in [0.15, 0.2) is 33.9 Å². The third kappa shape index (κ3) is 2.53. The summed E-state index contributed by atoms with van der Waals surface area (Å²) in [5.41, 5.74) is 0.760. The molecule has 1 fully saturated rings. The van der Waals surface area contributed by atoms with E-state index in [9.17, 15) is 9.59 Å². The zero-order valence-corrected chi connectivity index (χ0v) is 12.2. The lowest BCUT2D eigenvalue weighted by Gasteiger charge is -2.15. The van der Waals surface area contributed by atoms with Crippen molar-refractivity contribution in [2.24, 2.45) is 0 Å². The fourth-order valence-corrected chi connectivity index (χ4v) is 3.05. The van der Waals surface area contributed by atoms with E-state index in [2.05, 4.69) is 0 Å². The van der Waals surface area contributed by atoms with Crippen molar-refractivity contribution < 1.29 is 4.74 Å². The predicted molar refractivity (Wildman–Crippen MR) is 81.7 cm³/mol. The van der Waals surface area contributed by atoms with Crippen molar-refractivity contribution in [3.05, 3.63) is 45.0 Å². The average molecular weight is 288 g/mol. The van der Waals surface area contributed by atoms with Crippen LogP contribution < -0.4 is 11.1 Å². The largest absolute Gasteiger partial charge is 0.378 e. The highest BCUT2D eigenvalue weighted by molar-refractivity contribution is 5.75. The summed E-state index contributed by atoms with van der Waals surface area (Å²) in [7, 11) is 0. The lowest BCUT2D eigenvalue weighted by Crippen LogP contribution is -2.41. The molecule has 1 aliphatic rings. The van der Waals surface area contributed by atoms with E-state index in [1.165, 1.54) is 0 Å². The highest BCUT2D eigenvalue weighted by Crippen LogP contribution is 2.17. The maximum atomic E-state index is 12.4. The van der Waals surface area contributed by atoms with Crippen molar-refractivity contribution in [3.63, 3.8) is 0 Å². The van der Waals surface area contributed by atoms with Gasteiger partial charge in [0.1, 0.15) is 0 Å². The molecular formula is C16H20N2O3. The summed E-state index contributed by atoms with van der Waals surface area (Å²) >= 11 is 0. The van der Waals surface area contributed by atoms with Crippen LogP contribution >= 0.6 is 0 Å². The van der Waals surface area contributed by atoms with Crippen molar-refractivity contribution >= 4 is 11.0 Å². The van der Waals surface area contributed by atoms with Crippen molar-refractivity contribution in [2.75, 3.05) is 6.61 Å². The monoisotopic (exact) mass is 288 g/mol. The van der Waals surface area contributed by atoms with Crippen LogP contribution in [-0.4, -0.2) is 21.8 Å². The number of para-hydroxylation sites is 2. The summed E-state index contributed by atoms with van der Waals surface area (Å²) < 4.78 is 8.75. The van der Waals surface area contributed by atoms with Crippen molar-refractivity contribution in [3.8, 4) is 0 Å². The van der Waals surface area contributed by atoms with Gasteiger partial charge in [-0.3, -0.25) is 9.59 Å². The predicted octanol–water partition coefficient (Wildman–Crippen LogP) is 1.75. The summed E-state index contributed by atoms with van der Waals surface area (Å²) in [6, 6.07) is 7.58. The van der Waals surface area contributed by atoms with Crippen LogP contribution in [0.2, 0.25) is 0 Å². The number of aryl methyl sites for hydroxylation is 2. The van der Waals surface area contributed by atoms with Crippen molar-refractivity contribution in [2.45, 2.75) is 45.4 Å². The van der Waals surface area contributed by atoms with Gasteiger partial charge in [-0.15, -0.1) is 0 Å². The highest BCUT2D eigenvalue weighted by atomic mass is 16.5. The van der Waals surface area contributed by atoms with E-state index in [0.29, 0.717) is 13.1 Å². The number of fused-ring (bicyclic) bond motifs is 1. The zero-order valence-electron chi connectivity index (χ0n) is 12.2. The molecule has 1 aliphatic heterocycles. The average Bonchev–Trinajstić information content (AvgIpc) is 3.01. The van der Waals surface area contributed by atoms with Gasteiger partial charge in [-0.05, 0) is 38.3 Å². The molecule has 0 radical (unpaired) electrons. The molecule has 1 saturated heterocycles. The lowest BCUT2D eigenvalue weighted by atomic mass is 10.2. The Kier molecular flexibility index (Phi) is 3.92. The van der Waals surface area contributed by atoms with Gasteiger partial charge in [-0.1, -0.05) is 12.1 Å². The molecule has 5 heteroatoms. The second-order valence-electron chi connectivity index (χ2n) is 5.42. The van der Waals surface area contributed by atoms with Gasteiger partial charge in [0.15, 0.2) is 0 Å². The molecule has 0 spiro atoms. The Balaban J connectivity index is 2.06. The maximum Gasteiger partial charge on any atom is 0.316 e. The van der Waals surface area contributed by atoms with Crippen LogP contribution in [0.4, 0.5) is 0 Å². The van der Waals surface area contributed by atoms with Crippen LogP contribution in [0.1, 0.15) is 26.2 Å². The van der Waals surface area contributed by atoms with Crippen LogP contribution in [0.3, 0.4) is 0 Å². The van der Waals surface area contributed by atoms with E-state index in [1.54, 1.807) is 9.13 Å². The highest BCUT2D eigenvalue weighted by Gasteiger charge is 2.17. The third-order valence-corrected chi connectivity index (χ3v) is 4.15. The second kappa shape index (κ2) is 5.85. The summed E-state index contributed by atoms with van der Waals surface area (Å²) in [6.07, 6.45) is 3.11. The summed E-state index contributed by atoms with van der Waals surface area (Å²) in [4.78, 5) is 24.6. The Labute approximate surface area is 122 Å². The molecule has 3 rings (SSSR count). The first-order chi connectivity index (χ1) is 10.2. The van der Waals surface area contributed by atoms with Gasteiger partial charge in [0.05, 0.1) is 17.1 Å². The number of benzene rings is 1. The molecule has 21 heavy (non-hydrogen) atoms. The fraction of sp³-hybridized carbons (Fsp3) is 0.500. The number of ether oxygens (including phenoxy) is 1. The van der Waals surface area contributed by atoms with E-state index in [0.717, 1.165) is 36.9 Å². The molecule has 0 bridgehead atoms. The summed E-state index contributed by atoms with van der Waals surface area (Å²) in [6.45, 7) is 3.71. The first-order valence-corrected chi connectivity index (χ1v) is 7.56. The van der Waals surface area contributed by atoms with Crippen LogP contribution in [0, 0.1) is 0 Å². The topological polar surface area (TPSA) is 53.2 Å². The SMILES string of the molecule is CCn1c(=O)c(=O)n(CC[C@@H]2CCCO2)c2ccccc21. The van der Waals surface area contributed by atoms with E-state index < -0.39 is 11.1 Å². The van der Waals surface area contributed by atoms with Gasteiger partial charge in [0, 0.05) is 19.7 Å². The van der Waals surface area contributed by atoms with E-state index in [4.69, 9.17) is 4.74 Å². The number of hydrogen-bond donors (Lipinski definition) is 0. The molecule has 1 aromatic carbocycles. The van der Waals surface area contributed by atoms with Gasteiger partial charge in [0.2, 0.25) is 0 Å². The molecule has 0 unspecified atom stereocenters. The third-order valence-electron chi connectivity index (χ3n) is 4.15. The Hall–Kier alpha value is -1.88. The molecular weight excluding hydrogens is 268 g/mol. The normalized spacial score (nSPS) is 18.4. The van der Waals surface area contributed by atoms with Gasteiger partial charge in [-0.25, -0.2) is 0 Å². The Morgan fingerprint density at radius 1 is 1.14 bits per heavy atom. The van der Waals surface area contributed by atoms with Gasteiger partial charge >= 0.3 is 11.1 Å². The molecule has 0 aliphatic carbocycles. The van der Waals surface area contributed by atoms with E-state index in [-0.39, 0.29) is 6.10 Å². The molecule has 1 aromatic heterocycles. The molecule has 112 valence electrons. The number of hydrogen-bond acceptors (Lipinski definition) is 3. The van der Waals surface area contributed by atoms with Crippen LogP contribution in [-0.2, 0) is 17.8 Å². The second-order valence-corrected chi connectivity index (χ2v) is 5.42. The summed E-state index contributed by atoms with van der Waals surface area (Å²) in [5.74, 6) is 0. The molecule has 0 amide bonds. The van der Waals surface area contributed by atoms with Gasteiger partial charge in [0.25, 0.3) is 0 Å². The van der Waals surface area contributed by atoms with E-state index >= 15 is 0 Å². The first-order valence-electron chi connectivity index (χ1n) is 7.56. The summed E-state index contributed by atoms with van der Waals surface area (Å²) in [5, 5.41) is 0. The smallest absolute Gasteiger partial charge is 0.316 e. The quantitative estimate of drug-likeness (QED) is 0.805. The fourth-order valence-electron chi connectivity index (χ4n) is 3.05. The van der Waals surface area contributed by atoms with Gasteiger partial charge < -0.3 is 13.9 Å². The molecule has 2 aromatic rings. The van der Waals surface area contributed by atoms with Crippen LogP contribution in [0.5, 0.6) is 0 Å². The Bertz CT molecular complexity index is 754. The zero-order chi connectivity index (χ0) is 14.8. The molecule has 1 atom stereocenters. The lowest BCUT2D eigenvalue weighted by molar-refractivity contribution is 0.100. The Morgan fingerprint density at radius 3 is 2.43 bits per heavy atom. The standard InChI is InChI=1S/C16H20N2O3/c1-2-17-13-7-3-4-8-14(13)18(16(20)15(17)19)10-9-12-6-5-11-21-12/h3-4,7-8,12H,2,5-6,9-11H2,1H3/t12-/m0/s1. The number of nitrogens with zero attached hydrogens (tertiary/aromatic N) is 2. The van der Waals surface area contributed by atoms with E-state index in [1.807, 2.05) is 31.2 Å². The molecule has 0 N–H and O–H groups in total. The van der Waals surface area contributed by atoms with Crippen molar-refractivity contribution in [1.82, 2.24) is 9.13 Å². The first kappa shape index (κ1) is 14.1. The van der Waals surface area contributed by atoms with Gasteiger partial charge in [-0.2, -0.15) is 0 Å². The molecule has 0 saturated carbocycles. The minimum absolute atomic E-state index is 0.212. The number of rotatable bonds is 4. The minimum atomic E-state index is -0.441. The van der Waals surface area contributed by atoms with Crippen molar-refractivity contribution in [1.29, 1.82) is 0 Å². The Morgan fingerprint density at radius 2 is 1.81 bits per heavy atom. The minimum Gasteiger partial charge on any atom is -0.378 e.